The van der Waals surface area contributed by atoms with Crippen LogP contribution in [0, 0.1) is 5.92 Å². The third kappa shape index (κ3) is 3.86. The molecule has 1 aromatic carbocycles. The van der Waals surface area contributed by atoms with Crippen molar-refractivity contribution >= 4 is 5.91 Å². The van der Waals surface area contributed by atoms with Gasteiger partial charge >= 0.3 is 0 Å². The number of nitrogens with one attached hydrogen (secondary N) is 1. The van der Waals surface area contributed by atoms with Crippen LogP contribution in [0.2, 0.25) is 0 Å². The van der Waals surface area contributed by atoms with Crippen LogP contribution < -0.4 is 5.32 Å². The van der Waals surface area contributed by atoms with Gasteiger partial charge < -0.3 is 5.32 Å². The molecule has 0 saturated carbocycles. The summed E-state index contributed by atoms with van der Waals surface area (Å²) in [5.41, 5.74) is 1.37. The molecule has 17 heavy (non-hydrogen) atoms. The number of hydrogen-bond donors (Lipinski definition) is 1. The lowest BCUT2D eigenvalue weighted by atomic mass is 10.1. The number of benzene rings is 1. The molecular weight excluding hydrogens is 212 g/mol. The Morgan fingerprint density at radius 1 is 1.41 bits per heavy atom. The first kappa shape index (κ1) is 12.1. The molecule has 1 unspecified atom stereocenters. The Morgan fingerprint density at radius 2 is 2.18 bits per heavy atom. The van der Waals surface area contributed by atoms with Gasteiger partial charge in [0.2, 0.25) is 5.91 Å². The predicted molar refractivity (Wildman–Crippen MR) is 68.5 cm³/mol. The standard InChI is InChI=1S/C14H20N2O/c1-12(17)15-9-14-7-8-16(11-14)10-13-5-3-2-4-6-13/h2-6,14H,7-11H2,1H3,(H,15,17). The van der Waals surface area contributed by atoms with E-state index in [4.69, 9.17) is 0 Å². The van der Waals surface area contributed by atoms with Crippen LogP contribution >= 0.6 is 0 Å². The zero-order valence-corrected chi connectivity index (χ0v) is 10.4. The Labute approximate surface area is 103 Å². The molecule has 1 N–H and O–H groups in total. The fourth-order valence-corrected chi connectivity index (χ4v) is 2.35. The lowest BCUT2D eigenvalue weighted by Gasteiger charge is -2.16. The highest BCUT2D eigenvalue weighted by atomic mass is 16.1. The summed E-state index contributed by atoms with van der Waals surface area (Å²) in [6.45, 7) is 5.66. The van der Waals surface area contributed by atoms with Gasteiger partial charge in [-0.25, -0.2) is 0 Å². The van der Waals surface area contributed by atoms with Crippen LogP contribution in [0.5, 0.6) is 0 Å². The Hall–Kier alpha value is -1.35. The summed E-state index contributed by atoms with van der Waals surface area (Å²) >= 11 is 0. The molecule has 1 atom stereocenters. The fourth-order valence-electron chi connectivity index (χ4n) is 2.35. The minimum atomic E-state index is 0.0755. The minimum Gasteiger partial charge on any atom is -0.356 e. The zero-order chi connectivity index (χ0) is 12.1. The van der Waals surface area contributed by atoms with Crippen LogP contribution in [0.25, 0.3) is 0 Å². The summed E-state index contributed by atoms with van der Waals surface area (Å²) in [5.74, 6) is 0.689. The van der Waals surface area contributed by atoms with Crippen LogP contribution in [0.15, 0.2) is 30.3 Å². The topological polar surface area (TPSA) is 32.3 Å². The Bertz CT molecular complexity index is 364. The molecule has 3 heteroatoms. The highest BCUT2D eigenvalue weighted by molar-refractivity contribution is 5.72. The maximum absolute atomic E-state index is 10.8. The van der Waals surface area contributed by atoms with E-state index >= 15 is 0 Å². The minimum absolute atomic E-state index is 0.0755. The first-order valence-electron chi connectivity index (χ1n) is 6.25. The zero-order valence-electron chi connectivity index (χ0n) is 10.4. The van der Waals surface area contributed by atoms with E-state index < -0.39 is 0 Å². The summed E-state index contributed by atoms with van der Waals surface area (Å²) in [4.78, 5) is 13.3. The molecule has 2 rings (SSSR count). The SMILES string of the molecule is CC(=O)NCC1CCN(Cc2ccccc2)C1. The van der Waals surface area contributed by atoms with Crippen molar-refractivity contribution in [2.45, 2.75) is 19.9 Å². The van der Waals surface area contributed by atoms with Gasteiger partial charge in [-0.1, -0.05) is 30.3 Å². The summed E-state index contributed by atoms with van der Waals surface area (Å²) < 4.78 is 0. The van der Waals surface area contributed by atoms with Crippen LogP contribution in [0.3, 0.4) is 0 Å². The van der Waals surface area contributed by atoms with Gasteiger partial charge in [0, 0.05) is 26.6 Å². The van der Waals surface area contributed by atoms with E-state index in [0.717, 1.165) is 26.2 Å². The number of hydrogen-bond acceptors (Lipinski definition) is 2. The molecule has 1 aliphatic rings. The van der Waals surface area contributed by atoms with Gasteiger partial charge in [-0.05, 0) is 24.4 Å². The van der Waals surface area contributed by atoms with E-state index in [1.165, 1.54) is 12.0 Å². The summed E-state index contributed by atoms with van der Waals surface area (Å²) in [6, 6.07) is 10.6. The molecule has 1 fully saturated rings. The van der Waals surface area contributed by atoms with Gasteiger partial charge in [0.1, 0.15) is 0 Å². The molecule has 0 bridgehead atoms. The van der Waals surface area contributed by atoms with E-state index in [2.05, 4.69) is 34.5 Å². The Morgan fingerprint density at radius 3 is 2.88 bits per heavy atom. The highest BCUT2D eigenvalue weighted by Gasteiger charge is 2.22. The molecule has 92 valence electrons. The first-order valence-corrected chi connectivity index (χ1v) is 6.25. The van der Waals surface area contributed by atoms with E-state index in [9.17, 15) is 4.79 Å². The molecule has 0 spiro atoms. The van der Waals surface area contributed by atoms with Crippen LogP contribution in [0.4, 0.5) is 0 Å². The molecule has 1 saturated heterocycles. The largest absolute Gasteiger partial charge is 0.356 e. The normalized spacial score (nSPS) is 20.4. The number of rotatable bonds is 4. The second-order valence-electron chi connectivity index (χ2n) is 4.81. The smallest absolute Gasteiger partial charge is 0.216 e. The van der Waals surface area contributed by atoms with Crippen molar-refractivity contribution in [1.82, 2.24) is 10.2 Å². The highest BCUT2D eigenvalue weighted by Crippen LogP contribution is 2.17. The van der Waals surface area contributed by atoms with E-state index in [-0.39, 0.29) is 5.91 Å². The van der Waals surface area contributed by atoms with Crippen LogP contribution in [-0.4, -0.2) is 30.4 Å². The van der Waals surface area contributed by atoms with Gasteiger partial charge in [0.15, 0.2) is 0 Å². The van der Waals surface area contributed by atoms with Gasteiger partial charge in [-0.2, -0.15) is 0 Å². The van der Waals surface area contributed by atoms with Crippen molar-refractivity contribution in [3.63, 3.8) is 0 Å². The quantitative estimate of drug-likeness (QED) is 0.856. The van der Waals surface area contributed by atoms with Gasteiger partial charge in [-0.3, -0.25) is 9.69 Å². The number of likely N-dealkylation sites (tertiary alicyclic amines) is 1. The number of amides is 1. The average molecular weight is 232 g/mol. The summed E-state index contributed by atoms with van der Waals surface area (Å²) in [7, 11) is 0. The van der Waals surface area contributed by atoms with Crippen molar-refractivity contribution in [2.75, 3.05) is 19.6 Å². The van der Waals surface area contributed by atoms with Gasteiger partial charge in [0.25, 0.3) is 0 Å². The molecule has 1 heterocycles. The summed E-state index contributed by atoms with van der Waals surface area (Å²) in [5, 5.41) is 2.91. The van der Waals surface area contributed by atoms with E-state index in [0.29, 0.717) is 5.92 Å². The maximum atomic E-state index is 10.8. The third-order valence-corrected chi connectivity index (χ3v) is 3.26. The maximum Gasteiger partial charge on any atom is 0.216 e. The Balaban J connectivity index is 1.76. The molecule has 0 aliphatic carbocycles. The van der Waals surface area contributed by atoms with Gasteiger partial charge in [-0.15, -0.1) is 0 Å². The van der Waals surface area contributed by atoms with Crippen molar-refractivity contribution in [3.8, 4) is 0 Å². The van der Waals surface area contributed by atoms with E-state index in [1.807, 2.05) is 6.07 Å². The molecule has 3 nitrogen and oxygen atoms in total. The molecule has 1 amide bonds. The second-order valence-corrected chi connectivity index (χ2v) is 4.81. The summed E-state index contributed by atoms with van der Waals surface area (Å²) in [6.07, 6.45) is 1.19. The number of carbonyl (C=O) groups is 1. The monoisotopic (exact) mass is 232 g/mol. The van der Waals surface area contributed by atoms with E-state index in [1.54, 1.807) is 6.92 Å². The molecule has 1 aliphatic heterocycles. The van der Waals surface area contributed by atoms with Crippen molar-refractivity contribution < 1.29 is 4.79 Å². The Kier molecular flexibility index (Phi) is 4.15. The lowest BCUT2D eigenvalue weighted by molar-refractivity contribution is -0.119. The molecular formula is C14H20N2O. The third-order valence-electron chi connectivity index (χ3n) is 3.26. The molecule has 1 aromatic rings. The van der Waals surface area contributed by atoms with Crippen LogP contribution in [0.1, 0.15) is 18.9 Å². The second kappa shape index (κ2) is 5.82. The van der Waals surface area contributed by atoms with Crippen molar-refractivity contribution in [2.24, 2.45) is 5.92 Å². The first-order chi connectivity index (χ1) is 8.24. The molecule has 0 radical (unpaired) electrons. The molecule has 0 aromatic heterocycles. The fraction of sp³-hybridized carbons (Fsp3) is 0.500. The van der Waals surface area contributed by atoms with Crippen molar-refractivity contribution in [1.29, 1.82) is 0 Å². The van der Waals surface area contributed by atoms with Gasteiger partial charge in [0.05, 0.1) is 0 Å². The lowest BCUT2D eigenvalue weighted by Crippen LogP contribution is -2.29. The number of carbonyl (C=O) groups excluding carboxylic acids is 1. The van der Waals surface area contributed by atoms with Crippen LogP contribution in [-0.2, 0) is 11.3 Å². The number of nitrogens with zero attached hydrogens (tertiary/aromatic N) is 1. The average Bonchev–Trinajstić information content (AvgIpc) is 2.75. The van der Waals surface area contributed by atoms with Crippen molar-refractivity contribution in [3.05, 3.63) is 35.9 Å². The predicted octanol–water partition coefficient (Wildman–Crippen LogP) is 1.64.